The number of rotatable bonds is 4. The molecule has 3 aromatic rings. The largest absolute Gasteiger partial charge is 0.461 e. The van der Waals surface area contributed by atoms with Crippen LogP contribution in [0, 0.1) is 0 Å². The van der Waals surface area contributed by atoms with Gasteiger partial charge < -0.3 is 4.42 Å². The Morgan fingerprint density at radius 1 is 1.11 bits per heavy atom. The predicted octanol–water partition coefficient (Wildman–Crippen LogP) is 4.82. The second kappa shape index (κ2) is 7.93. The Hall–Kier alpha value is -3.00. The minimum atomic E-state index is -4.44. The van der Waals surface area contributed by atoms with Gasteiger partial charge in [0.05, 0.1) is 17.7 Å². The first kappa shape index (κ1) is 19.8. The minimum absolute atomic E-state index is 0.174. The van der Waals surface area contributed by atoms with E-state index in [0.717, 1.165) is 28.8 Å². The van der Waals surface area contributed by atoms with Gasteiger partial charge in [0.15, 0.2) is 5.76 Å². The van der Waals surface area contributed by atoms with E-state index in [-0.39, 0.29) is 16.2 Å². The van der Waals surface area contributed by atoms with E-state index in [1.54, 1.807) is 43.3 Å². The maximum Gasteiger partial charge on any atom is 0.417 e. The van der Waals surface area contributed by atoms with Gasteiger partial charge in [0.2, 0.25) is 5.78 Å². The zero-order valence-electron chi connectivity index (χ0n) is 14.6. The lowest BCUT2D eigenvalue weighted by molar-refractivity contribution is -0.137. The summed E-state index contributed by atoms with van der Waals surface area (Å²) in [6, 6.07) is 11.7. The highest BCUT2D eigenvalue weighted by Crippen LogP contribution is 2.28. The number of carbonyl (C=O) groups is 2. The number of alkyl halides is 3. The molecule has 1 atom stereocenters. The summed E-state index contributed by atoms with van der Waals surface area (Å²) < 4.78 is 43.1. The Kier molecular flexibility index (Phi) is 5.60. The number of hydrogen-bond donors (Lipinski definition) is 0. The van der Waals surface area contributed by atoms with Gasteiger partial charge in [-0.1, -0.05) is 18.2 Å². The lowest BCUT2D eigenvalue weighted by Crippen LogP contribution is -2.12. The van der Waals surface area contributed by atoms with Crippen LogP contribution in [0.2, 0.25) is 0 Å². The molecule has 0 fully saturated rings. The van der Waals surface area contributed by atoms with Gasteiger partial charge in [-0.05, 0) is 42.8 Å². The van der Waals surface area contributed by atoms with Crippen LogP contribution >= 0.6 is 11.3 Å². The standard InChI is InChI=1S/C20H14F3NO3S/c1-12(19(26)24-17-8-7-15(11-28-17)20(21,22)23)13-4-2-5-14(10-13)18(25)16-6-3-9-27-16/h2-12H,1H3/t12-/m1/s1. The number of halogens is 3. The lowest BCUT2D eigenvalue weighted by Gasteiger charge is -2.09. The van der Waals surface area contributed by atoms with E-state index >= 15 is 0 Å². The van der Waals surface area contributed by atoms with Gasteiger partial charge in [-0.15, -0.1) is 11.3 Å². The number of nitrogens with zero attached hydrogens (tertiary/aromatic N) is 1. The molecule has 28 heavy (non-hydrogen) atoms. The summed E-state index contributed by atoms with van der Waals surface area (Å²) in [4.78, 5) is 28.7. The van der Waals surface area contributed by atoms with Gasteiger partial charge in [0.1, 0.15) is 4.67 Å². The molecule has 1 amide bonds. The summed E-state index contributed by atoms with van der Waals surface area (Å²) in [6.07, 6.45) is -3.04. The van der Waals surface area contributed by atoms with Crippen LogP contribution in [0.25, 0.3) is 0 Å². The third-order valence-electron chi connectivity index (χ3n) is 4.02. The van der Waals surface area contributed by atoms with Crippen LogP contribution in [0.3, 0.4) is 0 Å². The molecule has 0 saturated carbocycles. The van der Waals surface area contributed by atoms with Gasteiger partial charge >= 0.3 is 6.18 Å². The number of ketones is 1. The number of amides is 1. The van der Waals surface area contributed by atoms with Crippen LogP contribution < -0.4 is 4.67 Å². The maximum absolute atomic E-state index is 12.6. The molecular formula is C20H14F3NO3S. The van der Waals surface area contributed by atoms with Gasteiger partial charge in [-0.2, -0.15) is 13.2 Å². The fraction of sp³-hybridized carbons (Fsp3) is 0.150. The summed E-state index contributed by atoms with van der Waals surface area (Å²) in [5.41, 5.74) is 0.147. The summed E-state index contributed by atoms with van der Waals surface area (Å²) in [7, 11) is 0. The molecular weight excluding hydrogens is 391 g/mol. The molecule has 2 heterocycles. The second-order valence-electron chi connectivity index (χ2n) is 5.96. The van der Waals surface area contributed by atoms with Crippen molar-refractivity contribution in [3.05, 3.63) is 87.3 Å². The average Bonchev–Trinajstić information content (AvgIpc) is 3.21. The van der Waals surface area contributed by atoms with E-state index < -0.39 is 23.6 Å². The second-order valence-corrected chi connectivity index (χ2v) is 6.85. The van der Waals surface area contributed by atoms with Gasteiger partial charge in [0, 0.05) is 10.9 Å². The summed E-state index contributed by atoms with van der Waals surface area (Å²) in [5, 5.41) is 0.916. The van der Waals surface area contributed by atoms with Crippen molar-refractivity contribution in [3.8, 4) is 0 Å². The van der Waals surface area contributed by atoms with Crippen molar-refractivity contribution in [2.45, 2.75) is 19.0 Å². The third kappa shape index (κ3) is 4.45. The fourth-order valence-corrected chi connectivity index (χ4v) is 3.18. The first-order valence-corrected chi connectivity index (χ1v) is 9.06. The van der Waals surface area contributed by atoms with Crippen LogP contribution in [-0.2, 0) is 11.0 Å². The van der Waals surface area contributed by atoms with Crippen molar-refractivity contribution in [1.29, 1.82) is 0 Å². The van der Waals surface area contributed by atoms with E-state index in [2.05, 4.69) is 4.99 Å². The monoisotopic (exact) mass is 405 g/mol. The van der Waals surface area contributed by atoms with E-state index in [4.69, 9.17) is 4.42 Å². The Bertz CT molecular complexity index is 1050. The molecule has 0 unspecified atom stereocenters. The van der Waals surface area contributed by atoms with Crippen molar-refractivity contribution < 1.29 is 27.2 Å². The lowest BCUT2D eigenvalue weighted by atomic mass is 9.97. The highest BCUT2D eigenvalue weighted by Gasteiger charge is 2.30. The minimum Gasteiger partial charge on any atom is -0.461 e. The van der Waals surface area contributed by atoms with Gasteiger partial charge in [-0.25, -0.2) is 4.99 Å². The molecule has 0 spiro atoms. The van der Waals surface area contributed by atoms with Crippen LogP contribution in [-0.4, -0.2) is 11.7 Å². The van der Waals surface area contributed by atoms with Crippen molar-refractivity contribution in [3.63, 3.8) is 0 Å². The topological polar surface area (TPSA) is 59.6 Å². The van der Waals surface area contributed by atoms with E-state index in [1.807, 2.05) is 0 Å². The molecule has 144 valence electrons. The molecule has 2 aromatic heterocycles. The Morgan fingerprint density at radius 3 is 2.50 bits per heavy atom. The van der Waals surface area contributed by atoms with E-state index in [0.29, 0.717) is 11.1 Å². The van der Waals surface area contributed by atoms with Crippen LogP contribution in [0.15, 0.2) is 69.6 Å². The smallest absolute Gasteiger partial charge is 0.417 e. The highest BCUT2D eigenvalue weighted by atomic mass is 32.1. The zero-order chi connectivity index (χ0) is 20.3. The number of benzene rings is 1. The maximum atomic E-state index is 12.6. The molecule has 0 aliphatic heterocycles. The van der Waals surface area contributed by atoms with Crippen LogP contribution in [0.4, 0.5) is 13.2 Å². The normalized spacial score (nSPS) is 13.4. The van der Waals surface area contributed by atoms with Crippen molar-refractivity contribution in [2.75, 3.05) is 0 Å². The Labute approximate surface area is 162 Å². The number of carbonyl (C=O) groups excluding carboxylic acids is 2. The van der Waals surface area contributed by atoms with Crippen molar-refractivity contribution in [2.24, 2.45) is 4.99 Å². The van der Waals surface area contributed by atoms with E-state index in [9.17, 15) is 22.8 Å². The van der Waals surface area contributed by atoms with Gasteiger partial charge in [0.25, 0.3) is 5.91 Å². The number of furan rings is 1. The molecule has 0 saturated heterocycles. The molecule has 0 aliphatic rings. The Balaban J connectivity index is 1.82. The molecule has 0 aliphatic carbocycles. The Morgan fingerprint density at radius 2 is 1.89 bits per heavy atom. The number of hydrogen-bond acceptors (Lipinski definition) is 4. The first-order valence-electron chi connectivity index (χ1n) is 8.18. The summed E-state index contributed by atoms with van der Waals surface area (Å²) in [6.45, 7) is 1.62. The average molecular weight is 405 g/mol. The van der Waals surface area contributed by atoms with Gasteiger partial charge in [-0.3, -0.25) is 9.59 Å². The van der Waals surface area contributed by atoms with Crippen LogP contribution in [0.1, 0.15) is 40.1 Å². The quantitative estimate of drug-likeness (QED) is 0.585. The molecule has 3 rings (SSSR count). The molecule has 4 nitrogen and oxygen atoms in total. The highest BCUT2D eigenvalue weighted by molar-refractivity contribution is 7.07. The van der Waals surface area contributed by atoms with Crippen molar-refractivity contribution >= 4 is 23.0 Å². The third-order valence-corrected chi connectivity index (χ3v) is 4.86. The van der Waals surface area contributed by atoms with Crippen molar-refractivity contribution in [1.82, 2.24) is 0 Å². The molecule has 1 aromatic carbocycles. The van der Waals surface area contributed by atoms with E-state index in [1.165, 1.54) is 6.26 Å². The molecule has 0 radical (unpaired) electrons. The summed E-state index contributed by atoms with van der Waals surface area (Å²) in [5.74, 6) is -1.31. The molecule has 0 bridgehead atoms. The SMILES string of the molecule is C[C@@H](C(=O)N=c1ccc(C(F)(F)F)cs1)c1cccc(C(=O)c2ccco2)c1. The fourth-order valence-electron chi connectivity index (χ4n) is 2.44. The van der Waals surface area contributed by atoms with Crippen LogP contribution in [0.5, 0.6) is 0 Å². The first-order chi connectivity index (χ1) is 13.3. The zero-order valence-corrected chi connectivity index (χ0v) is 15.4. The molecule has 8 heteroatoms. The predicted molar refractivity (Wildman–Crippen MR) is 96.9 cm³/mol. The molecule has 0 N–H and O–H groups in total. The summed E-state index contributed by atoms with van der Waals surface area (Å²) >= 11 is 0.739.